The van der Waals surface area contributed by atoms with Crippen LogP contribution in [0.1, 0.15) is 17.0 Å². The maximum Gasteiger partial charge on any atom is 0.223 e. The smallest absolute Gasteiger partial charge is 0.223 e. The van der Waals surface area contributed by atoms with E-state index in [1.165, 1.54) is 6.07 Å². The third-order valence-electron chi connectivity index (χ3n) is 3.70. The number of thiazole rings is 1. The average molecular weight is 328 g/mol. The number of halogens is 1. The zero-order chi connectivity index (χ0) is 16.2. The minimum absolute atomic E-state index is 0.00694. The molecule has 1 heterocycles. The van der Waals surface area contributed by atoms with Gasteiger partial charge in [-0.3, -0.25) is 4.79 Å². The number of rotatable bonds is 5. The Labute approximate surface area is 138 Å². The molecule has 23 heavy (non-hydrogen) atoms. The average Bonchev–Trinajstić information content (AvgIpc) is 2.96. The summed E-state index contributed by atoms with van der Waals surface area (Å²) in [5.74, 6) is -0.262. The van der Waals surface area contributed by atoms with Crippen molar-refractivity contribution in [2.75, 3.05) is 7.05 Å². The van der Waals surface area contributed by atoms with Crippen molar-refractivity contribution in [3.63, 3.8) is 0 Å². The second kappa shape index (κ2) is 6.87. The number of hydrogen-bond donors (Lipinski definition) is 0. The van der Waals surface area contributed by atoms with E-state index in [2.05, 4.69) is 4.98 Å². The zero-order valence-corrected chi connectivity index (χ0v) is 13.6. The lowest BCUT2D eigenvalue weighted by Gasteiger charge is -2.15. The third-order valence-corrected chi connectivity index (χ3v) is 4.72. The lowest BCUT2D eigenvalue weighted by molar-refractivity contribution is -0.130. The van der Waals surface area contributed by atoms with Crippen LogP contribution in [0.15, 0.2) is 48.5 Å². The Morgan fingerprint density at radius 1 is 1.17 bits per heavy atom. The molecule has 0 aliphatic heterocycles. The first kappa shape index (κ1) is 15.6. The van der Waals surface area contributed by atoms with Crippen molar-refractivity contribution in [1.82, 2.24) is 9.88 Å². The number of nitrogens with zero attached hydrogens (tertiary/aromatic N) is 2. The minimum Gasteiger partial charge on any atom is -0.339 e. The standard InChI is InChI=1S/C18H17FN2OS/c1-21(12-17-20-15-8-4-5-9-16(15)23-17)18(22)11-10-13-6-2-3-7-14(13)19/h2-9H,10-12H2,1H3. The maximum atomic E-state index is 13.6. The van der Waals surface area contributed by atoms with E-state index in [1.807, 2.05) is 24.3 Å². The molecule has 0 atom stereocenters. The maximum absolute atomic E-state index is 13.6. The Hall–Kier alpha value is -2.27. The summed E-state index contributed by atoms with van der Waals surface area (Å²) in [6.45, 7) is 0.482. The van der Waals surface area contributed by atoms with Gasteiger partial charge in [0.2, 0.25) is 5.91 Å². The molecular weight excluding hydrogens is 311 g/mol. The molecule has 2 aromatic carbocycles. The van der Waals surface area contributed by atoms with Crippen LogP contribution in [0.2, 0.25) is 0 Å². The highest BCUT2D eigenvalue weighted by molar-refractivity contribution is 7.18. The highest BCUT2D eigenvalue weighted by Gasteiger charge is 2.13. The van der Waals surface area contributed by atoms with Crippen molar-refractivity contribution in [2.24, 2.45) is 0 Å². The van der Waals surface area contributed by atoms with Crippen LogP contribution >= 0.6 is 11.3 Å². The number of amides is 1. The molecule has 1 aromatic heterocycles. The number of para-hydroxylation sites is 1. The van der Waals surface area contributed by atoms with E-state index in [-0.39, 0.29) is 11.7 Å². The predicted molar refractivity (Wildman–Crippen MR) is 90.8 cm³/mol. The van der Waals surface area contributed by atoms with Crippen molar-refractivity contribution in [3.05, 3.63) is 64.9 Å². The molecule has 0 radical (unpaired) electrons. The van der Waals surface area contributed by atoms with Crippen LogP contribution in [-0.4, -0.2) is 22.8 Å². The predicted octanol–water partition coefficient (Wildman–Crippen LogP) is 4.03. The van der Waals surface area contributed by atoms with Gasteiger partial charge in [-0.05, 0) is 30.2 Å². The molecule has 0 aliphatic carbocycles. The largest absolute Gasteiger partial charge is 0.339 e. The topological polar surface area (TPSA) is 33.2 Å². The molecule has 0 saturated carbocycles. The third kappa shape index (κ3) is 3.74. The molecule has 3 rings (SSSR count). The molecule has 0 bridgehead atoms. The summed E-state index contributed by atoms with van der Waals surface area (Å²) in [7, 11) is 1.76. The van der Waals surface area contributed by atoms with E-state index >= 15 is 0 Å². The molecule has 0 fully saturated rings. The summed E-state index contributed by atoms with van der Waals surface area (Å²) in [6, 6.07) is 14.5. The summed E-state index contributed by atoms with van der Waals surface area (Å²) in [4.78, 5) is 18.4. The van der Waals surface area contributed by atoms with Gasteiger partial charge in [0, 0.05) is 13.5 Å². The van der Waals surface area contributed by atoms with Crippen molar-refractivity contribution >= 4 is 27.5 Å². The monoisotopic (exact) mass is 328 g/mol. The molecule has 0 unspecified atom stereocenters. The van der Waals surface area contributed by atoms with Crippen molar-refractivity contribution < 1.29 is 9.18 Å². The fourth-order valence-corrected chi connectivity index (χ4v) is 3.43. The highest BCUT2D eigenvalue weighted by Crippen LogP contribution is 2.22. The van der Waals surface area contributed by atoms with E-state index < -0.39 is 0 Å². The highest BCUT2D eigenvalue weighted by atomic mass is 32.1. The van der Waals surface area contributed by atoms with Gasteiger partial charge in [-0.2, -0.15) is 0 Å². The first-order valence-corrected chi connectivity index (χ1v) is 8.27. The normalized spacial score (nSPS) is 10.9. The number of aromatic nitrogens is 1. The summed E-state index contributed by atoms with van der Waals surface area (Å²) in [5, 5.41) is 0.910. The van der Waals surface area contributed by atoms with Gasteiger partial charge in [0.15, 0.2) is 0 Å². The number of aryl methyl sites for hydroxylation is 1. The molecule has 118 valence electrons. The van der Waals surface area contributed by atoms with E-state index in [0.717, 1.165) is 15.2 Å². The molecule has 3 aromatic rings. The van der Waals surface area contributed by atoms with Gasteiger partial charge in [-0.15, -0.1) is 11.3 Å². The van der Waals surface area contributed by atoms with Gasteiger partial charge in [0.25, 0.3) is 0 Å². The van der Waals surface area contributed by atoms with Crippen molar-refractivity contribution in [2.45, 2.75) is 19.4 Å². The SMILES string of the molecule is CN(Cc1nc2ccccc2s1)C(=O)CCc1ccccc1F. The molecule has 0 saturated heterocycles. The van der Waals surface area contributed by atoms with Crippen LogP contribution in [0.5, 0.6) is 0 Å². The van der Waals surface area contributed by atoms with Gasteiger partial charge in [0.1, 0.15) is 10.8 Å². The number of hydrogen-bond acceptors (Lipinski definition) is 3. The van der Waals surface area contributed by atoms with E-state index in [1.54, 1.807) is 41.5 Å². The number of carbonyl (C=O) groups is 1. The van der Waals surface area contributed by atoms with E-state index in [4.69, 9.17) is 0 Å². The van der Waals surface area contributed by atoms with E-state index in [0.29, 0.717) is 24.9 Å². The Morgan fingerprint density at radius 3 is 2.70 bits per heavy atom. The fraction of sp³-hybridized carbons (Fsp3) is 0.222. The molecular formula is C18H17FN2OS. The molecule has 5 heteroatoms. The Kier molecular flexibility index (Phi) is 4.67. The van der Waals surface area contributed by atoms with Gasteiger partial charge >= 0.3 is 0 Å². The quantitative estimate of drug-likeness (QED) is 0.708. The van der Waals surface area contributed by atoms with Crippen LogP contribution in [0.4, 0.5) is 4.39 Å². The Bertz CT molecular complexity index is 798. The molecule has 1 amide bonds. The van der Waals surface area contributed by atoms with Gasteiger partial charge in [-0.1, -0.05) is 30.3 Å². The van der Waals surface area contributed by atoms with E-state index in [9.17, 15) is 9.18 Å². The second-order valence-electron chi connectivity index (χ2n) is 5.42. The first-order chi connectivity index (χ1) is 11.1. The van der Waals surface area contributed by atoms with Gasteiger partial charge < -0.3 is 4.90 Å². The zero-order valence-electron chi connectivity index (χ0n) is 12.8. The molecule has 0 spiro atoms. The number of carbonyl (C=O) groups excluding carboxylic acids is 1. The summed E-state index contributed by atoms with van der Waals surface area (Å²) < 4.78 is 14.7. The Balaban J connectivity index is 1.60. The first-order valence-electron chi connectivity index (χ1n) is 7.45. The lowest BCUT2D eigenvalue weighted by Crippen LogP contribution is -2.26. The lowest BCUT2D eigenvalue weighted by atomic mass is 10.1. The number of benzene rings is 2. The minimum atomic E-state index is -0.255. The summed E-state index contributed by atoms with van der Waals surface area (Å²) in [6.07, 6.45) is 0.706. The fourth-order valence-electron chi connectivity index (χ4n) is 2.41. The van der Waals surface area contributed by atoms with Crippen molar-refractivity contribution in [1.29, 1.82) is 0 Å². The van der Waals surface area contributed by atoms with Crippen molar-refractivity contribution in [3.8, 4) is 0 Å². The van der Waals surface area contributed by atoms with Crippen LogP contribution in [-0.2, 0) is 17.8 Å². The summed E-state index contributed by atoms with van der Waals surface area (Å²) in [5.41, 5.74) is 1.54. The molecule has 3 nitrogen and oxygen atoms in total. The number of fused-ring (bicyclic) bond motifs is 1. The van der Waals surface area contributed by atoms with Crippen LogP contribution in [0.25, 0.3) is 10.2 Å². The molecule has 0 aliphatic rings. The molecule has 0 N–H and O–H groups in total. The Morgan fingerprint density at radius 2 is 1.91 bits per heavy atom. The van der Waals surface area contributed by atoms with Crippen LogP contribution in [0.3, 0.4) is 0 Å². The van der Waals surface area contributed by atoms with Gasteiger partial charge in [-0.25, -0.2) is 9.37 Å². The summed E-state index contributed by atoms with van der Waals surface area (Å²) >= 11 is 1.59. The van der Waals surface area contributed by atoms with Crippen LogP contribution < -0.4 is 0 Å². The van der Waals surface area contributed by atoms with Crippen LogP contribution in [0, 0.1) is 5.82 Å². The van der Waals surface area contributed by atoms with Gasteiger partial charge in [0.05, 0.1) is 16.8 Å². The second-order valence-corrected chi connectivity index (χ2v) is 6.53.